The molecule has 672 valence electrons. The van der Waals surface area contributed by atoms with Gasteiger partial charge in [0.25, 0.3) is 0 Å². The maximum atomic E-state index is 4.93. The molecule has 0 amide bonds. The summed E-state index contributed by atoms with van der Waals surface area (Å²) < 4.78 is 0. The van der Waals surface area contributed by atoms with Crippen LogP contribution in [0.15, 0.2) is 261 Å². The van der Waals surface area contributed by atoms with Crippen molar-refractivity contribution in [1.29, 1.82) is 0 Å². The number of rotatable bonds is 10. The largest absolute Gasteiger partial charge is 4.00 e. The molecule has 8 aromatic rings. The molecule has 0 fully saturated rings. The van der Waals surface area contributed by atoms with Crippen LogP contribution in [0.2, 0.25) is 0 Å². The van der Waals surface area contributed by atoms with Crippen molar-refractivity contribution in [3.63, 3.8) is 0 Å². The number of hydrogen-bond acceptors (Lipinski definition) is 0. The van der Waals surface area contributed by atoms with Crippen molar-refractivity contribution in [3.8, 4) is 0 Å². The first-order valence-electron chi connectivity index (χ1n) is 40.6. The standard InChI is InChI=1S/C19H22.3C16H16.C10H16.3C9H14.14CH3.2ClH.4Zr/c1-3-7-15-13-16(8-4-2)19-17-10-6-5-9-14(17)11-12-18(15)19;3*1-2-5-13-10-11-14-9-8-12-6-3-4-7-15(12)16(13)14;1-6-7(2)9(4)10(5)8(6)3;3*1-6-5-7(2)9(4)8(6)3;;;;;;;;;;;;;;;;;;;;/h5-6,9-13,16H,3-4,7-8H2,1-2H3;3*3-4,6-11,13H,2,5H2,1H3;6H,1-5H3;3*5-6H,1-4H3;14*1H3;2*1H;;;;/q;;;;;;;;14*-1;;;4*+4/p-2. The van der Waals surface area contributed by atoms with Gasteiger partial charge in [-0.2, -0.15) is 0 Å². The topological polar surface area (TPSA) is 0 Å². The van der Waals surface area contributed by atoms with E-state index in [4.69, 9.17) is 17.0 Å². The van der Waals surface area contributed by atoms with Crippen LogP contribution < -0.4 is 0 Å². The van der Waals surface area contributed by atoms with Crippen LogP contribution in [0, 0.1) is 128 Å². The van der Waals surface area contributed by atoms with Gasteiger partial charge in [-0.1, -0.05) is 345 Å². The summed E-state index contributed by atoms with van der Waals surface area (Å²) in [6.45, 7) is 49.1. The Balaban J connectivity index is -0.000000148. The molecule has 8 aliphatic carbocycles. The average molecular weight is 2020 g/mol. The molecule has 0 aliphatic heterocycles. The minimum atomic E-state index is -0.826. The van der Waals surface area contributed by atoms with Crippen LogP contribution in [0.3, 0.4) is 0 Å². The molecule has 8 aromatic carbocycles. The Bertz CT molecular complexity index is 4460. The molecule has 8 aliphatic rings. The number of hydrogen-bond donors (Lipinski definition) is 0. The van der Waals surface area contributed by atoms with Gasteiger partial charge in [-0.3, -0.25) is 0 Å². The summed E-state index contributed by atoms with van der Waals surface area (Å²) in [5.74, 6) is 5.27. The Morgan fingerprint density at radius 2 is 0.516 bits per heavy atom. The van der Waals surface area contributed by atoms with E-state index in [1.807, 2.05) is 0 Å². The Hall–Kier alpha value is -4.21. The number of benzene rings is 8. The van der Waals surface area contributed by atoms with Crippen LogP contribution in [-0.4, -0.2) is 0 Å². The van der Waals surface area contributed by atoms with Crippen LogP contribution >= 0.6 is 17.0 Å². The second kappa shape index (κ2) is 68.8. The second-order valence-electron chi connectivity index (χ2n) is 31.5. The maximum Gasteiger partial charge on any atom is 4.00 e. The van der Waals surface area contributed by atoms with Crippen molar-refractivity contribution in [2.24, 2.45) is 23.7 Å². The number of fused-ring (bicyclic) bond motifs is 12. The van der Waals surface area contributed by atoms with Gasteiger partial charge in [0.2, 0.25) is 0 Å². The van der Waals surface area contributed by atoms with E-state index in [9.17, 15) is 0 Å². The van der Waals surface area contributed by atoms with Crippen LogP contribution in [-0.2, 0) is 99.5 Å². The molecule has 0 saturated heterocycles. The normalized spacial score (nSPS) is 17.3. The van der Waals surface area contributed by atoms with E-state index in [0.29, 0.717) is 47.3 Å². The summed E-state index contributed by atoms with van der Waals surface area (Å²) >= 11 is -0.826. The van der Waals surface area contributed by atoms with Crippen molar-refractivity contribution in [3.05, 3.63) is 409 Å². The minimum Gasteiger partial charge on any atom is 4.00 e. The van der Waals surface area contributed by atoms with Gasteiger partial charge in [0.05, 0.1) is 0 Å². The van der Waals surface area contributed by atoms with E-state index >= 15 is 0 Å². The average Bonchev–Trinajstić information content (AvgIpc) is 1.77. The monoisotopic (exact) mass is 2020 g/mol. The van der Waals surface area contributed by atoms with Crippen LogP contribution in [0.4, 0.5) is 0 Å². The van der Waals surface area contributed by atoms with Gasteiger partial charge in [0.1, 0.15) is 0 Å². The smallest absolute Gasteiger partial charge is 4.00 e. The van der Waals surface area contributed by atoms with Crippen LogP contribution in [0.25, 0.3) is 66.9 Å². The van der Waals surface area contributed by atoms with Crippen molar-refractivity contribution < 1.29 is 99.5 Å². The van der Waals surface area contributed by atoms with Gasteiger partial charge in [-0.15, -0.1) is 0 Å². The first-order chi connectivity index (χ1) is 51.4. The maximum absolute atomic E-state index is 4.93. The zero-order valence-electron chi connectivity index (χ0n) is 85.1. The van der Waals surface area contributed by atoms with Gasteiger partial charge in [0.15, 0.2) is 0 Å². The van der Waals surface area contributed by atoms with Gasteiger partial charge in [-0.05, 0) is 267 Å². The van der Waals surface area contributed by atoms with E-state index in [0.717, 1.165) is 0 Å². The molecule has 0 N–H and O–H groups in total. The van der Waals surface area contributed by atoms with Gasteiger partial charge in [-0.25, -0.2) is 0 Å². The van der Waals surface area contributed by atoms with E-state index < -0.39 is 20.8 Å². The minimum absolute atomic E-state index is 0. The van der Waals surface area contributed by atoms with Crippen molar-refractivity contribution in [2.75, 3.05) is 0 Å². The SMILES string of the molecule is CC1=C(C)C(C)C(C)=C1C.CC1=CC(C)C(C)=C1C.CC1=CC(C)C(C)=C1C.CC1=CC(C)C(C)=C1C.CCCC1=CC(CCC)c2c1ccc1ccccc21.CCCC1C=Cc2ccc3ccccc3c21.CCCC1C=Cc2ccc3ccccc3c21.CCCC1C=Cc2ccc3ccccc3c21.[CH3-].[CH3-].[CH3-].[CH3-].[CH3-].[CH3-].[CH3-].[CH3-].[CH3-].[CH3-].[CH3-].[CH3-].[CH3-].[CH3-].[Cl][Zr+2][Cl].[Zr+4].[Zr+4].[Zr+4]. The summed E-state index contributed by atoms with van der Waals surface area (Å²) in [5.41, 5.74) is 33.1. The van der Waals surface area contributed by atoms with Crippen LogP contribution in [0.5, 0.6) is 0 Å². The van der Waals surface area contributed by atoms with E-state index in [2.05, 4.69) is 359 Å². The van der Waals surface area contributed by atoms with Crippen molar-refractivity contribution in [2.45, 2.75) is 240 Å². The predicted molar refractivity (Wildman–Crippen MR) is 568 cm³/mol. The third-order valence-corrected chi connectivity index (χ3v) is 24.8. The summed E-state index contributed by atoms with van der Waals surface area (Å²) in [5, 5.41) is 11.2. The fourth-order valence-electron chi connectivity index (χ4n) is 17.0. The molecular formula is C118H170Cl2Zr4. The zero-order valence-corrected chi connectivity index (χ0v) is 96.4. The molecule has 0 saturated carbocycles. The van der Waals surface area contributed by atoms with Crippen molar-refractivity contribution in [1.82, 2.24) is 0 Å². The summed E-state index contributed by atoms with van der Waals surface area (Å²) in [6.07, 6.45) is 35.9. The quantitative estimate of drug-likeness (QED) is 0.120. The third-order valence-electron chi connectivity index (χ3n) is 24.8. The molecular weight excluding hydrogens is 1850 g/mol. The summed E-state index contributed by atoms with van der Waals surface area (Å²) in [7, 11) is 9.87. The molecule has 0 bridgehead atoms. The van der Waals surface area contributed by atoms with Gasteiger partial charge < -0.3 is 104 Å². The van der Waals surface area contributed by atoms with Gasteiger partial charge in [0, 0.05) is 23.7 Å². The first-order valence-corrected chi connectivity index (χ1v) is 46.9. The summed E-state index contributed by atoms with van der Waals surface area (Å²) in [4.78, 5) is 0. The van der Waals surface area contributed by atoms with E-state index in [1.165, 1.54) is 191 Å². The van der Waals surface area contributed by atoms with Crippen molar-refractivity contribution >= 4 is 83.9 Å². The molecule has 0 nitrogen and oxygen atoms in total. The first kappa shape index (κ1) is 140. The zero-order chi connectivity index (χ0) is 77.8. The molecule has 0 radical (unpaired) electrons. The molecule has 16 rings (SSSR count). The third kappa shape index (κ3) is 35.2. The van der Waals surface area contributed by atoms with E-state index in [-0.39, 0.29) is 183 Å². The Morgan fingerprint density at radius 1 is 0.274 bits per heavy atom. The molecule has 7 unspecified atom stereocenters. The fourth-order valence-corrected chi connectivity index (χ4v) is 17.0. The number of allylic oxidation sites excluding steroid dienone is 21. The molecule has 0 aromatic heterocycles. The second-order valence-corrected chi connectivity index (χ2v) is 35.2. The Kier molecular flexibility index (Phi) is 77.8. The fraction of sp³-hybridized carbons (Fsp3) is 0.339. The predicted octanol–water partition coefficient (Wildman–Crippen LogP) is 39.9. The molecule has 6 heteroatoms. The molecule has 124 heavy (non-hydrogen) atoms. The molecule has 7 atom stereocenters. The Morgan fingerprint density at radius 3 is 0.726 bits per heavy atom. The molecule has 0 spiro atoms. The van der Waals surface area contributed by atoms with Gasteiger partial charge >= 0.3 is 116 Å². The molecule has 0 heterocycles. The summed E-state index contributed by atoms with van der Waals surface area (Å²) in [6, 6.07) is 53.1. The Labute approximate surface area is 847 Å². The van der Waals surface area contributed by atoms with Crippen LogP contribution in [0.1, 0.15) is 285 Å². The number of halogens is 2. The van der Waals surface area contributed by atoms with E-state index in [1.54, 1.807) is 39.0 Å².